The van der Waals surface area contributed by atoms with Crippen molar-refractivity contribution in [1.82, 2.24) is 5.32 Å². The molecule has 1 N–H and O–H groups in total. The number of amides is 2. The van der Waals surface area contributed by atoms with Gasteiger partial charge in [-0.05, 0) is 0 Å². The van der Waals surface area contributed by atoms with Crippen molar-refractivity contribution in [3.05, 3.63) is 0 Å². The fourth-order valence-electron chi connectivity index (χ4n) is 0.943. The zero-order valence-electron chi connectivity index (χ0n) is 5.72. The lowest BCUT2D eigenvalue weighted by Gasteiger charge is -2.00. The first-order valence-electron chi connectivity index (χ1n) is 3.06. The van der Waals surface area contributed by atoms with Crippen molar-refractivity contribution in [3.8, 4) is 0 Å². The number of ether oxygens (including phenoxy) is 1. The Labute approximate surface area is 58.5 Å². The summed E-state index contributed by atoms with van der Waals surface area (Å²) in [6.07, 6.45) is 0.271. The minimum Gasteiger partial charge on any atom is -0.384 e. The average molecular weight is 143 g/mol. The Kier molecular flexibility index (Phi) is 2.01. The molecule has 4 nitrogen and oxygen atoms in total. The Morgan fingerprint density at radius 2 is 2.40 bits per heavy atom. The molecule has 1 fully saturated rings. The Morgan fingerprint density at radius 3 is 2.80 bits per heavy atom. The molecule has 0 aromatic heterocycles. The highest BCUT2D eigenvalue weighted by Crippen LogP contribution is 2.09. The monoisotopic (exact) mass is 143 g/mol. The fourth-order valence-corrected chi connectivity index (χ4v) is 0.943. The van der Waals surface area contributed by atoms with E-state index < -0.39 is 0 Å². The number of hydrogen-bond donors (Lipinski definition) is 1. The van der Waals surface area contributed by atoms with Crippen LogP contribution >= 0.6 is 0 Å². The van der Waals surface area contributed by atoms with Gasteiger partial charge in [-0.25, -0.2) is 0 Å². The molecule has 0 saturated carbocycles. The van der Waals surface area contributed by atoms with Crippen LogP contribution in [0.5, 0.6) is 0 Å². The molecule has 0 bridgehead atoms. The second kappa shape index (κ2) is 2.79. The van der Waals surface area contributed by atoms with E-state index in [9.17, 15) is 9.59 Å². The lowest BCUT2D eigenvalue weighted by Crippen LogP contribution is -2.23. The van der Waals surface area contributed by atoms with Crippen LogP contribution in [-0.2, 0) is 14.3 Å². The summed E-state index contributed by atoms with van der Waals surface area (Å²) in [6.45, 7) is 0.331. The molecule has 1 aliphatic heterocycles. The summed E-state index contributed by atoms with van der Waals surface area (Å²) in [5.41, 5.74) is 0. The molecule has 1 unspecified atom stereocenters. The van der Waals surface area contributed by atoms with Crippen LogP contribution in [0.15, 0.2) is 0 Å². The van der Waals surface area contributed by atoms with Crippen LogP contribution < -0.4 is 5.32 Å². The maximum Gasteiger partial charge on any atom is 0.232 e. The maximum absolute atomic E-state index is 10.8. The normalized spacial score (nSPS) is 25.1. The van der Waals surface area contributed by atoms with E-state index in [-0.39, 0.29) is 24.2 Å². The number of carbonyl (C=O) groups is 2. The molecule has 0 aliphatic carbocycles. The Hall–Kier alpha value is -0.900. The van der Waals surface area contributed by atoms with Gasteiger partial charge in [0.25, 0.3) is 0 Å². The topological polar surface area (TPSA) is 55.4 Å². The summed E-state index contributed by atoms with van der Waals surface area (Å²) in [5.74, 6) is -0.684. The van der Waals surface area contributed by atoms with Gasteiger partial charge in [0, 0.05) is 13.5 Å². The highest BCUT2D eigenvalue weighted by Gasteiger charge is 2.29. The summed E-state index contributed by atoms with van der Waals surface area (Å²) >= 11 is 0. The molecule has 4 heteroatoms. The molecule has 1 atom stereocenters. The molecular weight excluding hydrogens is 134 g/mol. The van der Waals surface area contributed by atoms with Crippen molar-refractivity contribution in [2.75, 3.05) is 13.7 Å². The smallest absolute Gasteiger partial charge is 0.232 e. The van der Waals surface area contributed by atoms with Crippen LogP contribution in [0, 0.1) is 5.92 Å². The number of imide groups is 1. The van der Waals surface area contributed by atoms with E-state index in [0.717, 1.165) is 0 Å². The van der Waals surface area contributed by atoms with Gasteiger partial charge in [-0.1, -0.05) is 0 Å². The van der Waals surface area contributed by atoms with Crippen LogP contribution in [0.4, 0.5) is 0 Å². The zero-order valence-corrected chi connectivity index (χ0v) is 5.72. The van der Waals surface area contributed by atoms with Gasteiger partial charge in [-0.15, -0.1) is 0 Å². The third-order valence-corrected chi connectivity index (χ3v) is 1.43. The predicted octanol–water partition coefficient (Wildman–Crippen LogP) is -0.705. The molecule has 0 aromatic rings. The van der Waals surface area contributed by atoms with Gasteiger partial charge in [0.05, 0.1) is 12.5 Å². The van der Waals surface area contributed by atoms with Gasteiger partial charge in [0.15, 0.2) is 0 Å². The first-order chi connectivity index (χ1) is 4.74. The minimum atomic E-state index is -0.266. The van der Waals surface area contributed by atoms with E-state index in [1.165, 1.54) is 7.11 Å². The highest BCUT2D eigenvalue weighted by molar-refractivity contribution is 6.03. The average Bonchev–Trinajstić information content (AvgIpc) is 2.13. The highest BCUT2D eigenvalue weighted by atomic mass is 16.5. The van der Waals surface area contributed by atoms with E-state index in [0.29, 0.717) is 6.61 Å². The standard InChI is InChI=1S/C6H9NO3/c1-10-3-4-2-5(8)7-6(4)9/h4H,2-3H2,1H3,(H,7,8,9). The summed E-state index contributed by atoms with van der Waals surface area (Å²) < 4.78 is 4.73. The largest absolute Gasteiger partial charge is 0.384 e. The van der Waals surface area contributed by atoms with Crippen LogP contribution in [0.1, 0.15) is 6.42 Å². The fraction of sp³-hybridized carbons (Fsp3) is 0.667. The molecule has 0 aromatic carbocycles. The van der Waals surface area contributed by atoms with Crippen molar-refractivity contribution in [2.24, 2.45) is 5.92 Å². The number of rotatable bonds is 2. The van der Waals surface area contributed by atoms with Gasteiger partial charge in [0.2, 0.25) is 11.8 Å². The third kappa shape index (κ3) is 1.33. The molecule has 1 rings (SSSR count). The van der Waals surface area contributed by atoms with Gasteiger partial charge in [-0.2, -0.15) is 0 Å². The van der Waals surface area contributed by atoms with Crippen molar-refractivity contribution in [2.45, 2.75) is 6.42 Å². The minimum absolute atomic E-state index is 0.202. The van der Waals surface area contributed by atoms with Gasteiger partial charge < -0.3 is 4.74 Å². The second-order valence-corrected chi connectivity index (χ2v) is 2.27. The van der Waals surface area contributed by atoms with Gasteiger partial charge in [-0.3, -0.25) is 14.9 Å². The van der Waals surface area contributed by atoms with E-state index in [4.69, 9.17) is 4.74 Å². The first kappa shape index (κ1) is 7.21. The summed E-state index contributed by atoms with van der Waals surface area (Å²) in [7, 11) is 1.51. The molecule has 10 heavy (non-hydrogen) atoms. The Bertz CT molecular complexity index is 166. The molecule has 1 heterocycles. The van der Waals surface area contributed by atoms with Crippen LogP contribution in [0.25, 0.3) is 0 Å². The number of nitrogens with one attached hydrogen (secondary N) is 1. The Balaban J connectivity index is 2.46. The molecule has 56 valence electrons. The number of carbonyl (C=O) groups excluding carboxylic acids is 2. The lowest BCUT2D eigenvalue weighted by molar-refractivity contribution is -0.126. The second-order valence-electron chi connectivity index (χ2n) is 2.27. The molecule has 0 spiro atoms. The lowest BCUT2D eigenvalue weighted by atomic mass is 10.1. The molecular formula is C6H9NO3. The van der Waals surface area contributed by atoms with Crippen LogP contribution in [0.2, 0.25) is 0 Å². The van der Waals surface area contributed by atoms with Crippen molar-refractivity contribution >= 4 is 11.8 Å². The summed E-state index contributed by atoms with van der Waals surface area (Å²) in [4.78, 5) is 21.3. The Morgan fingerprint density at radius 1 is 1.70 bits per heavy atom. The van der Waals surface area contributed by atoms with Gasteiger partial charge in [0.1, 0.15) is 0 Å². The molecule has 2 amide bonds. The van der Waals surface area contributed by atoms with Gasteiger partial charge >= 0.3 is 0 Å². The quantitative estimate of drug-likeness (QED) is 0.520. The molecule has 1 saturated heterocycles. The summed E-state index contributed by atoms with van der Waals surface area (Å²) in [6, 6.07) is 0. The number of hydrogen-bond acceptors (Lipinski definition) is 3. The molecule has 0 radical (unpaired) electrons. The number of methoxy groups -OCH3 is 1. The van der Waals surface area contributed by atoms with E-state index in [2.05, 4.69) is 5.32 Å². The van der Waals surface area contributed by atoms with E-state index in [1.54, 1.807) is 0 Å². The SMILES string of the molecule is COCC1CC(=O)NC1=O. The first-order valence-corrected chi connectivity index (χ1v) is 3.06. The van der Waals surface area contributed by atoms with Crippen molar-refractivity contribution in [1.29, 1.82) is 0 Å². The van der Waals surface area contributed by atoms with Crippen LogP contribution in [0.3, 0.4) is 0 Å². The van der Waals surface area contributed by atoms with E-state index >= 15 is 0 Å². The van der Waals surface area contributed by atoms with Crippen molar-refractivity contribution < 1.29 is 14.3 Å². The summed E-state index contributed by atoms with van der Waals surface area (Å²) in [5, 5.41) is 2.19. The zero-order chi connectivity index (χ0) is 7.56. The molecule has 1 aliphatic rings. The maximum atomic E-state index is 10.8. The van der Waals surface area contributed by atoms with E-state index in [1.807, 2.05) is 0 Å². The predicted molar refractivity (Wildman–Crippen MR) is 33.1 cm³/mol. The van der Waals surface area contributed by atoms with Crippen molar-refractivity contribution in [3.63, 3.8) is 0 Å². The third-order valence-electron chi connectivity index (χ3n) is 1.43. The van der Waals surface area contributed by atoms with Crippen LogP contribution in [-0.4, -0.2) is 25.5 Å².